The Balaban J connectivity index is 1.73. The first kappa shape index (κ1) is 13.5. The third-order valence-corrected chi connectivity index (χ3v) is 3.33. The van der Waals surface area contributed by atoms with E-state index in [2.05, 4.69) is 38.7 Å². The summed E-state index contributed by atoms with van der Waals surface area (Å²) >= 11 is 3.43. The molecule has 1 aliphatic rings. The van der Waals surface area contributed by atoms with E-state index in [-0.39, 0.29) is 11.9 Å². The molecule has 0 spiro atoms. The molecule has 5 heteroatoms. The molecule has 4 nitrogen and oxygen atoms in total. The molecule has 0 radical (unpaired) electrons. The van der Waals surface area contributed by atoms with Gasteiger partial charge in [-0.2, -0.15) is 0 Å². The standard InChI is InChI=1S/C13H17BrN2O2/c14-11-3-1-2-10(8-11)4-5-16-13(17)12-9-18-7-6-15-12/h1-3,8,12,15H,4-7,9H2,(H,16,17). The Kier molecular flexibility index (Phi) is 5.16. The molecule has 1 fully saturated rings. The number of carbonyl (C=O) groups is 1. The second-order valence-corrected chi connectivity index (χ2v) is 5.17. The van der Waals surface area contributed by atoms with Gasteiger partial charge >= 0.3 is 0 Å². The molecule has 0 aliphatic carbocycles. The molecule has 0 bridgehead atoms. The SMILES string of the molecule is O=C(NCCc1cccc(Br)c1)C1COCCN1. The van der Waals surface area contributed by atoms with Crippen molar-refractivity contribution in [3.05, 3.63) is 34.3 Å². The van der Waals surface area contributed by atoms with E-state index in [0.717, 1.165) is 17.4 Å². The van der Waals surface area contributed by atoms with Crippen molar-refractivity contribution < 1.29 is 9.53 Å². The second-order valence-electron chi connectivity index (χ2n) is 4.25. The molecule has 1 aromatic rings. The van der Waals surface area contributed by atoms with Gasteiger partial charge in [0.15, 0.2) is 0 Å². The third-order valence-electron chi connectivity index (χ3n) is 2.84. The maximum Gasteiger partial charge on any atom is 0.239 e. The monoisotopic (exact) mass is 312 g/mol. The minimum Gasteiger partial charge on any atom is -0.378 e. The average molecular weight is 313 g/mol. The lowest BCUT2D eigenvalue weighted by Gasteiger charge is -2.22. The van der Waals surface area contributed by atoms with Crippen LogP contribution in [0.4, 0.5) is 0 Å². The zero-order valence-electron chi connectivity index (χ0n) is 10.1. The van der Waals surface area contributed by atoms with Crippen LogP contribution in [0.1, 0.15) is 5.56 Å². The Morgan fingerprint density at radius 1 is 1.56 bits per heavy atom. The molecule has 2 rings (SSSR count). The summed E-state index contributed by atoms with van der Waals surface area (Å²) < 4.78 is 6.32. The number of nitrogens with one attached hydrogen (secondary N) is 2. The van der Waals surface area contributed by atoms with Gasteiger partial charge in [-0.1, -0.05) is 28.1 Å². The first-order valence-electron chi connectivity index (χ1n) is 6.09. The molecule has 1 heterocycles. The van der Waals surface area contributed by atoms with E-state index in [0.29, 0.717) is 19.8 Å². The fourth-order valence-corrected chi connectivity index (χ4v) is 2.33. The van der Waals surface area contributed by atoms with E-state index < -0.39 is 0 Å². The van der Waals surface area contributed by atoms with Crippen LogP contribution in [-0.2, 0) is 16.0 Å². The maximum absolute atomic E-state index is 11.8. The summed E-state index contributed by atoms with van der Waals surface area (Å²) in [6.07, 6.45) is 0.832. The van der Waals surface area contributed by atoms with Gasteiger partial charge in [-0.15, -0.1) is 0 Å². The number of hydrogen-bond acceptors (Lipinski definition) is 3. The minimum atomic E-state index is -0.207. The number of carbonyl (C=O) groups excluding carboxylic acids is 1. The Morgan fingerprint density at radius 3 is 3.17 bits per heavy atom. The quantitative estimate of drug-likeness (QED) is 0.875. The predicted molar refractivity (Wildman–Crippen MR) is 73.5 cm³/mol. The van der Waals surface area contributed by atoms with Crippen molar-refractivity contribution in [3.63, 3.8) is 0 Å². The van der Waals surface area contributed by atoms with Crippen LogP contribution in [0, 0.1) is 0 Å². The summed E-state index contributed by atoms with van der Waals surface area (Å²) in [6, 6.07) is 7.90. The molecule has 1 aromatic carbocycles. The molecule has 1 atom stereocenters. The van der Waals surface area contributed by atoms with Crippen LogP contribution >= 0.6 is 15.9 Å². The van der Waals surface area contributed by atoms with Crippen molar-refractivity contribution >= 4 is 21.8 Å². The first-order chi connectivity index (χ1) is 8.75. The summed E-state index contributed by atoms with van der Waals surface area (Å²) in [5, 5.41) is 6.06. The van der Waals surface area contributed by atoms with Crippen LogP contribution in [0.15, 0.2) is 28.7 Å². The van der Waals surface area contributed by atoms with E-state index in [9.17, 15) is 4.79 Å². The van der Waals surface area contributed by atoms with Gasteiger partial charge in [0, 0.05) is 17.6 Å². The van der Waals surface area contributed by atoms with Gasteiger partial charge in [0.2, 0.25) is 5.91 Å². The molecule has 98 valence electrons. The van der Waals surface area contributed by atoms with Crippen LogP contribution in [0.5, 0.6) is 0 Å². The number of halogens is 1. The van der Waals surface area contributed by atoms with Gasteiger partial charge in [-0.05, 0) is 24.1 Å². The predicted octanol–water partition coefficient (Wildman–Crippen LogP) is 1.10. The fraction of sp³-hybridized carbons (Fsp3) is 0.462. The Hall–Kier alpha value is -0.910. The highest BCUT2D eigenvalue weighted by molar-refractivity contribution is 9.10. The second kappa shape index (κ2) is 6.87. The number of ether oxygens (including phenoxy) is 1. The van der Waals surface area contributed by atoms with Crippen LogP contribution in [0.3, 0.4) is 0 Å². The molecular weight excluding hydrogens is 296 g/mol. The van der Waals surface area contributed by atoms with Crippen molar-refractivity contribution in [1.82, 2.24) is 10.6 Å². The van der Waals surface area contributed by atoms with Gasteiger partial charge in [0.05, 0.1) is 13.2 Å². The fourth-order valence-electron chi connectivity index (χ4n) is 1.88. The molecule has 0 aromatic heterocycles. The number of amides is 1. The van der Waals surface area contributed by atoms with Crippen molar-refractivity contribution in [2.75, 3.05) is 26.3 Å². The van der Waals surface area contributed by atoms with Crippen LogP contribution in [0.2, 0.25) is 0 Å². The largest absolute Gasteiger partial charge is 0.378 e. The molecule has 1 unspecified atom stereocenters. The number of morpholine rings is 1. The van der Waals surface area contributed by atoms with E-state index in [1.54, 1.807) is 0 Å². The molecule has 18 heavy (non-hydrogen) atoms. The lowest BCUT2D eigenvalue weighted by Crippen LogP contribution is -2.51. The maximum atomic E-state index is 11.8. The molecule has 0 saturated carbocycles. The Labute approximate surface area is 115 Å². The van der Waals surface area contributed by atoms with Crippen LogP contribution in [0.25, 0.3) is 0 Å². The van der Waals surface area contributed by atoms with Crippen LogP contribution < -0.4 is 10.6 Å². The summed E-state index contributed by atoms with van der Waals surface area (Å²) in [6.45, 7) is 2.53. The minimum absolute atomic E-state index is 0.0182. The van der Waals surface area contributed by atoms with E-state index >= 15 is 0 Å². The lowest BCUT2D eigenvalue weighted by molar-refractivity contribution is -0.125. The normalized spacial score (nSPS) is 19.5. The van der Waals surface area contributed by atoms with E-state index in [1.165, 1.54) is 5.56 Å². The van der Waals surface area contributed by atoms with Crippen molar-refractivity contribution in [1.29, 1.82) is 0 Å². The lowest BCUT2D eigenvalue weighted by atomic mass is 10.1. The Bertz CT molecular complexity index is 406. The van der Waals surface area contributed by atoms with Gasteiger partial charge in [-0.25, -0.2) is 0 Å². The highest BCUT2D eigenvalue weighted by Gasteiger charge is 2.20. The summed E-state index contributed by atoms with van der Waals surface area (Å²) in [7, 11) is 0. The number of hydrogen-bond donors (Lipinski definition) is 2. The van der Waals surface area contributed by atoms with Crippen molar-refractivity contribution in [3.8, 4) is 0 Å². The zero-order chi connectivity index (χ0) is 12.8. The van der Waals surface area contributed by atoms with Gasteiger partial charge in [0.1, 0.15) is 6.04 Å². The van der Waals surface area contributed by atoms with Gasteiger partial charge in [-0.3, -0.25) is 4.79 Å². The van der Waals surface area contributed by atoms with E-state index in [4.69, 9.17) is 4.74 Å². The van der Waals surface area contributed by atoms with Crippen LogP contribution in [-0.4, -0.2) is 38.3 Å². The average Bonchev–Trinajstić information content (AvgIpc) is 2.40. The number of benzene rings is 1. The smallest absolute Gasteiger partial charge is 0.239 e. The van der Waals surface area contributed by atoms with Gasteiger partial charge in [0.25, 0.3) is 0 Å². The van der Waals surface area contributed by atoms with Gasteiger partial charge < -0.3 is 15.4 Å². The first-order valence-corrected chi connectivity index (χ1v) is 6.88. The van der Waals surface area contributed by atoms with E-state index in [1.807, 2.05) is 12.1 Å². The van der Waals surface area contributed by atoms with Crippen molar-refractivity contribution in [2.24, 2.45) is 0 Å². The molecular formula is C13H17BrN2O2. The summed E-state index contributed by atoms with van der Waals surface area (Å²) in [5.41, 5.74) is 1.21. The molecule has 1 aliphatic heterocycles. The molecule has 2 N–H and O–H groups in total. The number of rotatable bonds is 4. The summed E-state index contributed by atoms with van der Waals surface area (Å²) in [4.78, 5) is 11.8. The molecule has 1 amide bonds. The Morgan fingerprint density at radius 2 is 2.44 bits per heavy atom. The summed E-state index contributed by atoms with van der Waals surface area (Å²) in [5.74, 6) is 0.0182. The molecule has 1 saturated heterocycles. The highest BCUT2D eigenvalue weighted by Crippen LogP contribution is 2.11. The zero-order valence-corrected chi connectivity index (χ0v) is 11.7. The van der Waals surface area contributed by atoms with Crippen molar-refractivity contribution in [2.45, 2.75) is 12.5 Å². The highest BCUT2D eigenvalue weighted by atomic mass is 79.9. The third kappa shape index (κ3) is 4.08. The topological polar surface area (TPSA) is 50.4 Å².